The van der Waals surface area contributed by atoms with E-state index in [9.17, 15) is 4.79 Å². The first-order chi connectivity index (χ1) is 12.7. The number of rotatable bonds is 9. The van der Waals surface area contributed by atoms with Crippen LogP contribution >= 0.6 is 0 Å². The molecule has 2 aliphatic rings. The molecule has 3 atom stereocenters. The van der Waals surface area contributed by atoms with Gasteiger partial charge < -0.3 is 10.6 Å². The third-order valence-corrected chi connectivity index (χ3v) is 6.22. The van der Waals surface area contributed by atoms with Crippen LogP contribution in [0.4, 0.5) is 0 Å². The minimum atomic E-state index is 0.238. The molecule has 2 aliphatic heterocycles. The number of nitrogens with zero attached hydrogens (tertiary/aromatic N) is 1. The Bertz CT molecular complexity index is 546. The van der Waals surface area contributed by atoms with Crippen molar-refractivity contribution >= 4 is 5.91 Å². The van der Waals surface area contributed by atoms with Crippen LogP contribution in [-0.2, 0) is 11.2 Å². The Balaban J connectivity index is 1.50. The normalized spacial score (nSPS) is 26.0. The van der Waals surface area contributed by atoms with Gasteiger partial charge in [-0.05, 0) is 56.7 Å². The molecule has 2 bridgehead atoms. The van der Waals surface area contributed by atoms with Gasteiger partial charge in [0.05, 0.1) is 0 Å². The van der Waals surface area contributed by atoms with E-state index in [0.29, 0.717) is 30.5 Å². The topological polar surface area (TPSA) is 44.4 Å². The molecule has 0 aromatic heterocycles. The average molecular weight is 358 g/mol. The fourth-order valence-corrected chi connectivity index (χ4v) is 4.86. The Morgan fingerprint density at radius 1 is 1.15 bits per heavy atom. The minimum Gasteiger partial charge on any atom is -0.355 e. The molecule has 2 heterocycles. The highest BCUT2D eigenvalue weighted by Gasteiger charge is 2.34. The predicted molar refractivity (Wildman–Crippen MR) is 107 cm³/mol. The van der Waals surface area contributed by atoms with Gasteiger partial charge in [-0.1, -0.05) is 44.2 Å². The fourth-order valence-electron chi connectivity index (χ4n) is 4.86. The van der Waals surface area contributed by atoms with Gasteiger partial charge in [0.2, 0.25) is 5.91 Å². The maximum atomic E-state index is 12.6. The van der Waals surface area contributed by atoms with Crippen LogP contribution < -0.4 is 10.6 Å². The van der Waals surface area contributed by atoms with E-state index in [1.165, 1.54) is 31.2 Å². The van der Waals surface area contributed by atoms with Crippen LogP contribution in [0.3, 0.4) is 0 Å². The van der Waals surface area contributed by atoms with Gasteiger partial charge in [0.15, 0.2) is 0 Å². The molecule has 0 spiro atoms. The van der Waals surface area contributed by atoms with E-state index in [1.807, 2.05) is 0 Å². The highest BCUT2D eigenvalue weighted by Crippen LogP contribution is 2.32. The molecule has 3 rings (SSSR count). The lowest BCUT2D eigenvalue weighted by Gasteiger charge is -2.31. The first kappa shape index (κ1) is 19.4. The largest absolute Gasteiger partial charge is 0.355 e. The number of hydrogen-bond acceptors (Lipinski definition) is 3. The van der Waals surface area contributed by atoms with Crippen molar-refractivity contribution in [2.75, 3.05) is 19.6 Å². The first-order valence-electron chi connectivity index (χ1n) is 10.5. The number of likely N-dealkylation sites (N-methyl/N-ethyl adjacent to an activating group) is 1. The van der Waals surface area contributed by atoms with Gasteiger partial charge >= 0.3 is 0 Å². The smallest absolute Gasteiger partial charge is 0.220 e. The van der Waals surface area contributed by atoms with Crippen molar-refractivity contribution < 1.29 is 4.79 Å². The van der Waals surface area contributed by atoms with E-state index in [1.54, 1.807) is 0 Å². The van der Waals surface area contributed by atoms with E-state index in [-0.39, 0.29) is 5.91 Å². The van der Waals surface area contributed by atoms with Crippen LogP contribution in [0.25, 0.3) is 0 Å². The van der Waals surface area contributed by atoms with Crippen molar-refractivity contribution in [2.45, 2.75) is 70.5 Å². The fraction of sp³-hybridized carbons (Fsp3) is 0.682. The molecule has 1 amide bonds. The van der Waals surface area contributed by atoms with E-state index in [4.69, 9.17) is 0 Å². The third kappa shape index (κ3) is 5.31. The predicted octanol–water partition coefficient (Wildman–Crippen LogP) is 2.98. The van der Waals surface area contributed by atoms with Crippen LogP contribution in [0.2, 0.25) is 0 Å². The summed E-state index contributed by atoms with van der Waals surface area (Å²) in [7, 11) is 0. The highest BCUT2D eigenvalue weighted by atomic mass is 16.1. The van der Waals surface area contributed by atoms with Crippen molar-refractivity contribution in [1.29, 1.82) is 0 Å². The second-order valence-corrected chi connectivity index (χ2v) is 8.05. The summed E-state index contributed by atoms with van der Waals surface area (Å²) in [5.41, 5.74) is 1.34. The second kappa shape index (κ2) is 9.52. The number of hydrogen-bond donors (Lipinski definition) is 2. The van der Waals surface area contributed by atoms with Crippen LogP contribution in [0.1, 0.15) is 51.5 Å². The summed E-state index contributed by atoms with van der Waals surface area (Å²) in [6, 6.07) is 12.3. The van der Waals surface area contributed by atoms with Crippen molar-refractivity contribution in [1.82, 2.24) is 15.5 Å². The van der Waals surface area contributed by atoms with Crippen molar-refractivity contribution in [2.24, 2.45) is 5.92 Å². The van der Waals surface area contributed by atoms with Crippen molar-refractivity contribution in [3.8, 4) is 0 Å². The lowest BCUT2D eigenvalue weighted by Crippen LogP contribution is -2.46. The molecule has 4 heteroatoms. The Morgan fingerprint density at radius 2 is 1.81 bits per heavy atom. The van der Waals surface area contributed by atoms with Gasteiger partial charge in [-0.2, -0.15) is 0 Å². The van der Waals surface area contributed by atoms with E-state index in [0.717, 1.165) is 26.1 Å². The van der Waals surface area contributed by atoms with Gasteiger partial charge in [0.1, 0.15) is 0 Å². The SMILES string of the molecule is CCN(CC)C(CNC(=O)CC1CC2CCC(C1)N2)Cc1ccccc1. The standard InChI is InChI=1S/C22H35N3O/c1-3-25(4-2)21(14-17-8-6-5-7-9-17)16-23-22(26)15-18-12-19-10-11-20(13-18)24-19/h5-9,18-21,24H,3-4,10-16H2,1-2H3,(H,23,26). The van der Waals surface area contributed by atoms with Crippen LogP contribution in [-0.4, -0.2) is 48.6 Å². The van der Waals surface area contributed by atoms with Crippen LogP contribution in [0.15, 0.2) is 30.3 Å². The number of amides is 1. The average Bonchev–Trinajstić information content (AvgIpc) is 2.99. The summed E-state index contributed by atoms with van der Waals surface area (Å²) in [6.45, 7) is 7.18. The summed E-state index contributed by atoms with van der Waals surface area (Å²) < 4.78 is 0. The molecule has 26 heavy (non-hydrogen) atoms. The Labute approximate surface area is 158 Å². The molecule has 4 nitrogen and oxygen atoms in total. The summed E-state index contributed by atoms with van der Waals surface area (Å²) in [5, 5.41) is 6.91. The first-order valence-corrected chi connectivity index (χ1v) is 10.5. The molecular weight excluding hydrogens is 322 g/mol. The Kier molecular flexibility index (Phi) is 7.09. The number of piperidine rings is 1. The number of nitrogens with one attached hydrogen (secondary N) is 2. The van der Waals surface area contributed by atoms with Crippen molar-refractivity contribution in [3.63, 3.8) is 0 Å². The molecule has 2 N–H and O–H groups in total. The molecule has 0 aliphatic carbocycles. The second-order valence-electron chi connectivity index (χ2n) is 8.05. The number of carbonyl (C=O) groups excluding carboxylic acids is 1. The summed E-state index contributed by atoms with van der Waals surface area (Å²) in [4.78, 5) is 15.0. The van der Waals surface area contributed by atoms with Crippen LogP contribution in [0.5, 0.6) is 0 Å². The molecule has 1 aromatic carbocycles. The zero-order valence-corrected chi connectivity index (χ0v) is 16.4. The van der Waals surface area contributed by atoms with E-state index >= 15 is 0 Å². The molecule has 2 saturated heterocycles. The molecule has 144 valence electrons. The van der Waals surface area contributed by atoms with Gasteiger partial charge in [0, 0.05) is 31.1 Å². The minimum absolute atomic E-state index is 0.238. The van der Waals surface area contributed by atoms with Crippen molar-refractivity contribution in [3.05, 3.63) is 35.9 Å². The third-order valence-electron chi connectivity index (χ3n) is 6.22. The highest BCUT2D eigenvalue weighted by molar-refractivity contribution is 5.76. The Morgan fingerprint density at radius 3 is 2.42 bits per heavy atom. The Hall–Kier alpha value is -1.39. The lowest BCUT2D eigenvalue weighted by atomic mass is 9.89. The summed E-state index contributed by atoms with van der Waals surface area (Å²) >= 11 is 0. The van der Waals surface area contributed by atoms with Gasteiger partial charge in [0.25, 0.3) is 0 Å². The molecule has 0 radical (unpaired) electrons. The zero-order chi connectivity index (χ0) is 18.4. The maximum Gasteiger partial charge on any atom is 0.220 e. The maximum absolute atomic E-state index is 12.6. The molecule has 3 unspecified atom stereocenters. The summed E-state index contributed by atoms with van der Waals surface area (Å²) in [5.74, 6) is 0.802. The quantitative estimate of drug-likeness (QED) is 0.714. The van der Waals surface area contributed by atoms with Gasteiger partial charge in [-0.3, -0.25) is 9.69 Å². The van der Waals surface area contributed by atoms with Gasteiger partial charge in [-0.15, -0.1) is 0 Å². The van der Waals surface area contributed by atoms with E-state index < -0.39 is 0 Å². The van der Waals surface area contributed by atoms with Crippen LogP contribution in [0, 0.1) is 5.92 Å². The molecule has 0 saturated carbocycles. The van der Waals surface area contributed by atoms with E-state index in [2.05, 4.69) is 59.7 Å². The lowest BCUT2D eigenvalue weighted by molar-refractivity contribution is -0.122. The zero-order valence-electron chi connectivity index (χ0n) is 16.4. The number of carbonyl (C=O) groups is 1. The molecule has 1 aromatic rings. The number of fused-ring (bicyclic) bond motifs is 2. The monoisotopic (exact) mass is 357 g/mol. The number of benzene rings is 1. The molecule has 2 fully saturated rings. The molecular formula is C22H35N3O. The summed E-state index contributed by atoms with van der Waals surface area (Å²) in [6.07, 6.45) is 6.62. The van der Waals surface area contributed by atoms with Gasteiger partial charge in [-0.25, -0.2) is 0 Å².